The predicted octanol–water partition coefficient (Wildman–Crippen LogP) is 3.58. The Bertz CT molecular complexity index is 450. The number of hydrogen-bond donors (Lipinski definition) is 2. The average Bonchev–Trinajstić information content (AvgIpc) is 2.42. The van der Waals surface area contributed by atoms with E-state index in [1.807, 2.05) is 18.7 Å². The molecular formula is C14H20BrF3N2O. The molecule has 0 aliphatic heterocycles. The first-order chi connectivity index (χ1) is 9.77. The molecule has 1 aromatic carbocycles. The van der Waals surface area contributed by atoms with Crippen LogP contribution in [0.25, 0.3) is 0 Å². The van der Waals surface area contributed by atoms with Crippen molar-refractivity contribution in [2.45, 2.75) is 26.1 Å². The number of hydrogen-bond acceptors (Lipinski definition) is 3. The fraction of sp³-hybridized carbons (Fsp3) is 0.571. The van der Waals surface area contributed by atoms with Crippen molar-refractivity contribution in [1.82, 2.24) is 4.90 Å². The van der Waals surface area contributed by atoms with E-state index in [1.165, 1.54) is 6.07 Å². The van der Waals surface area contributed by atoms with Crippen LogP contribution >= 0.6 is 15.9 Å². The van der Waals surface area contributed by atoms with E-state index < -0.39 is 17.8 Å². The van der Waals surface area contributed by atoms with Gasteiger partial charge in [0, 0.05) is 23.2 Å². The van der Waals surface area contributed by atoms with Gasteiger partial charge >= 0.3 is 6.18 Å². The van der Waals surface area contributed by atoms with E-state index in [-0.39, 0.29) is 6.54 Å². The molecule has 7 heteroatoms. The van der Waals surface area contributed by atoms with Crippen molar-refractivity contribution < 1.29 is 18.3 Å². The number of nitrogens with one attached hydrogen (secondary N) is 1. The van der Waals surface area contributed by atoms with E-state index in [2.05, 4.69) is 21.2 Å². The molecule has 1 unspecified atom stereocenters. The number of alkyl halides is 3. The zero-order chi connectivity index (χ0) is 16.0. The van der Waals surface area contributed by atoms with Crippen LogP contribution in [0.1, 0.15) is 19.4 Å². The number of benzene rings is 1. The van der Waals surface area contributed by atoms with Gasteiger partial charge in [-0.15, -0.1) is 0 Å². The van der Waals surface area contributed by atoms with Crippen LogP contribution in [0.2, 0.25) is 0 Å². The van der Waals surface area contributed by atoms with Crippen molar-refractivity contribution in [1.29, 1.82) is 0 Å². The van der Waals surface area contributed by atoms with E-state index in [4.69, 9.17) is 0 Å². The van der Waals surface area contributed by atoms with Crippen molar-refractivity contribution in [3.8, 4) is 0 Å². The van der Waals surface area contributed by atoms with Gasteiger partial charge in [0.15, 0.2) is 0 Å². The second kappa shape index (κ2) is 8.00. The molecule has 0 saturated carbocycles. The van der Waals surface area contributed by atoms with Gasteiger partial charge in [0.25, 0.3) is 0 Å². The smallest absolute Gasteiger partial charge is 0.390 e. The Morgan fingerprint density at radius 1 is 1.29 bits per heavy atom. The lowest BCUT2D eigenvalue weighted by Crippen LogP contribution is -2.36. The maximum Gasteiger partial charge on any atom is 0.416 e. The SMILES string of the molecule is CCN(CC)CC(O)CNc1cc(C(F)(F)F)ccc1Br. The number of rotatable bonds is 7. The Balaban J connectivity index is 2.66. The Kier molecular flexibility index (Phi) is 6.96. The summed E-state index contributed by atoms with van der Waals surface area (Å²) in [5.41, 5.74) is -0.394. The minimum Gasteiger partial charge on any atom is -0.390 e. The molecule has 0 spiro atoms. The highest BCUT2D eigenvalue weighted by molar-refractivity contribution is 9.10. The second-order valence-electron chi connectivity index (χ2n) is 4.71. The second-order valence-corrected chi connectivity index (χ2v) is 5.57. The largest absolute Gasteiger partial charge is 0.416 e. The number of halogens is 4. The zero-order valence-electron chi connectivity index (χ0n) is 12.0. The van der Waals surface area contributed by atoms with Gasteiger partial charge in [0.05, 0.1) is 11.7 Å². The first-order valence-electron chi connectivity index (χ1n) is 6.79. The molecule has 21 heavy (non-hydrogen) atoms. The van der Waals surface area contributed by atoms with Crippen molar-refractivity contribution >= 4 is 21.6 Å². The Morgan fingerprint density at radius 3 is 2.43 bits per heavy atom. The molecule has 1 rings (SSSR count). The third-order valence-electron chi connectivity index (χ3n) is 3.19. The average molecular weight is 369 g/mol. The third-order valence-corrected chi connectivity index (χ3v) is 3.88. The number of nitrogens with zero attached hydrogens (tertiary/aromatic N) is 1. The summed E-state index contributed by atoms with van der Waals surface area (Å²) in [6, 6.07) is 3.40. The van der Waals surface area contributed by atoms with E-state index >= 15 is 0 Å². The molecule has 120 valence electrons. The van der Waals surface area contributed by atoms with Gasteiger partial charge < -0.3 is 15.3 Å². The van der Waals surface area contributed by atoms with Crippen LogP contribution in [0.3, 0.4) is 0 Å². The summed E-state index contributed by atoms with van der Waals surface area (Å²) < 4.78 is 38.5. The van der Waals surface area contributed by atoms with Crippen LogP contribution in [0, 0.1) is 0 Å². The molecule has 0 aliphatic carbocycles. The summed E-state index contributed by atoms with van der Waals surface area (Å²) in [6.07, 6.45) is -5.02. The summed E-state index contributed by atoms with van der Waals surface area (Å²) >= 11 is 3.20. The van der Waals surface area contributed by atoms with Crippen molar-refractivity contribution in [2.24, 2.45) is 0 Å². The normalized spacial score (nSPS) is 13.5. The molecule has 1 aromatic rings. The van der Waals surface area contributed by atoms with Crippen molar-refractivity contribution in [3.63, 3.8) is 0 Å². The summed E-state index contributed by atoms with van der Waals surface area (Å²) in [5.74, 6) is 0. The number of likely N-dealkylation sites (N-methyl/N-ethyl adjacent to an activating group) is 1. The molecule has 0 heterocycles. The van der Waals surface area contributed by atoms with Gasteiger partial charge in [0.2, 0.25) is 0 Å². The van der Waals surface area contributed by atoms with Gasteiger partial charge in [0.1, 0.15) is 0 Å². The predicted molar refractivity (Wildman–Crippen MR) is 81.4 cm³/mol. The zero-order valence-corrected chi connectivity index (χ0v) is 13.6. The summed E-state index contributed by atoms with van der Waals surface area (Å²) in [4.78, 5) is 2.05. The monoisotopic (exact) mass is 368 g/mol. The summed E-state index contributed by atoms with van der Waals surface area (Å²) in [7, 11) is 0. The fourth-order valence-electron chi connectivity index (χ4n) is 1.91. The molecular weight excluding hydrogens is 349 g/mol. The quantitative estimate of drug-likeness (QED) is 0.771. The molecule has 0 aromatic heterocycles. The van der Waals surface area contributed by atoms with Crippen LogP contribution in [0.5, 0.6) is 0 Å². The van der Waals surface area contributed by atoms with Crippen LogP contribution in [-0.2, 0) is 6.18 Å². The van der Waals surface area contributed by atoms with Crippen molar-refractivity contribution in [2.75, 3.05) is 31.5 Å². The minimum atomic E-state index is -4.38. The molecule has 0 bridgehead atoms. The van der Waals surface area contributed by atoms with E-state index in [9.17, 15) is 18.3 Å². The summed E-state index contributed by atoms with van der Waals surface area (Å²) in [6.45, 7) is 6.30. The van der Waals surface area contributed by atoms with Crippen LogP contribution in [0.15, 0.2) is 22.7 Å². The maximum absolute atomic E-state index is 12.7. The molecule has 0 aliphatic rings. The highest BCUT2D eigenvalue weighted by Crippen LogP contribution is 2.33. The minimum absolute atomic E-state index is 0.191. The Morgan fingerprint density at radius 2 is 1.90 bits per heavy atom. The molecule has 2 N–H and O–H groups in total. The summed E-state index contributed by atoms with van der Waals surface area (Å²) in [5, 5.41) is 12.8. The first-order valence-corrected chi connectivity index (χ1v) is 7.58. The molecule has 0 saturated heterocycles. The van der Waals surface area contributed by atoms with E-state index in [0.29, 0.717) is 16.7 Å². The molecule has 0 fully saturated rings. The molecule has 0 amide bonds. The van der Waals surface area contributed by atoms with Crippen molar-refractivity contribution in [3.05, 3.63) is 28.2 Å². The molecule has 3 nitrogen and oxygen atoms in total. The topological polar surface area (TPSA) is 35.5 Å². The Hall–Kier alpha value is -0.790. The van der Waals surface area contributed by atoms with Gasteiger partial charge in [-0.1, -0.05) is 13.8 Å². The van der Waals surface area contributed by atoms with Gasteiger partial charge in [-0.05, 0) is 47.2 Å². The van der Waals surface area contributed by atoms with Gasteiger partial charge in [-0.25, -0.2) is 0 Å². The van der Waals surface area contributed by atoms with Crippen LogP contribution in [-0.4, -0.2) is 42.3 Å². The first kappa shape index (κ1) is 18.3. The Labute approximate surface area is 131 Å². The number of aliphatic hydroxyl groups is 1. The lowest BCUT2D eigenvalue weighted by Gasteiger charge is -2.22. The molecule has 0 radical (unpaired) electrons. The lowest BCUT2D eigenvalue weighted by molar-refractivity contribution is -0.137. The van der Waals surface area contributed by atoms with E-state index in [0.717, 1.165) is 25.2 Å². The fourth-order valence-corrected chi connectivity index (χ4v) is 2.30. The van der Waals surface area contributed by atoms with Crippen LogP contribution < -0.4 is 5.32 Å². The lowest BCUT2D eigenvalue weighted by atomic mass is 10.2. The molecule has 1 atom stereocenters. The highest BCUT2D eigenvalue weighted by Gasteiger charge is 2.30. The van der Waals surface area contributed by atoms with Gasteiger partial charge in [-0.2, -0.15) is 13.2 Å². The van der Waals surface area contributed by atoms with Gasteiger partial charge in [-0.3, -0.25) is 0 Å². The standard InChI is InChI=1S/C14H20BrF3N2O/c1-3-20(4-2)9-11(21)8-19-13-7-10(14(16,17)18)5-6-12(13)15/h5-7,11,19,21H,3-4,8-9H2,1-2H3. The van der Waals surface area contributed by atoms with E-state index in [1.54, 1.807) is 0 Å². The highest BCUT2D eigenvalue weighted by atomic mass is 79.9. The van der Waals surface area contributed by atoms with Crippen LogP contribution in [0.4, 0.5) is 18.9 Å². The maximum atomic E-state index is 12.7. The number of aliphatic hydroxyl groups excluding tert-OH is 1. The number of anilines is 1. The third kappa shape index (κ3) is 5.84.